The van der Waals surface area contributed by atoms with Gasteiger partial charge in [-0.2, -0.15) is 5.10 Å². The van der Waals surface area contributed by atoms with Crippen LogP contribution in [-0.4, -0.2) is 46.4 Å². The highest BCUT2D eigenvalue weighted by Gasteiger charge is 2.41. The molecule has 2 aliphatic rings. The third kappa shape index (κ3) is 2.98. The Morgan fingerprint density at radius 2 is 2.24 bits per heavy atom. The predicted molar refractivity (Wildman–Crippen MR) is 79.9 cm³/mol. The van der Waals surface area contributed by atoms with Crippen LogP contribution in [0.15, 0.2) is 12.4 Å². The summed E-state index contributed by atoms with van der Waals surface area (Å²) in [7, 11) is 0. The van der Waals surface area contributed by atoms with Gasteiger partial charge in [-0.1, -0.05) is 6.92 Å². The molecular weight excluding hydrogens is 266 g/mol. The second-order valence-corrected chi connectivity index (χ2v) is 6.71. The summed E-state index contributed by atoms with van der Waals surface area (Å²) in [4.78, 5) is 15.1. The van der Waals surface area contributed by atoms with E-state index in [0.29, 0.717) is 19.1 Å². The second-order valence-electron chi connectivity index (χ2n) is 6.71. The van der Waals surface area contributed by atoms with Crippen LogP contribution in [0.2, 0.25) is 0 Å². The summed E-state index contributed by atoms with van der Waals surface area (Å²) in [5, 5.41) is 4.36. The van der Waals surface area contributed by atoms with Crippen molar-refractivity contribution < 1.29 is 9.53 Å². The van der Waals surface area contributed by atoms with Gasteiger partial charge in [-0.15, -0.1) is 0 Å². The fourth-order valence-electron chi connectivity index (χ4n) is 3.46. The molecule has 5 nitrogen and oxygen atoms in total. The van der Waals surface area contributed by atoms with Crippen molar-refractivity contribution in [1.82, 2.24) is 14.7 Å². The number of carbonyl (C=O) groups excluding carboxylic acids is 1. The number of amides is 1. The van der Waals surface area contributed by atoms with Crippen molar-refractivity contribution in [2.24, 2.45) is 5.41 Å². The zero-order valence-corrected chi connectivity index (χ0v) is 13.0. The minimum atomic E-state index is -0.235. The first kappa shape index (κ1) is 14.6. The van der Waals surface area contributed by atoms with E-state index >= 15 is 0 Å². The zero-order valence-electron chi connectivity index (χ0n) is 13.0. The molecule has 3 rings (SSSR count). The normalized spacial score (nSPS) is 25.2. The first-order valence-corrected chi connectivity index (χ1v) is 7.96. The molecule has 1 aromatic rings. The maximum atomic E-state index is 13.0. The lowest BCUT2D eigenvalue weighted by Crippen LogP contribution is -2.48. The summed E-state index contributed by atoms with van der Waals surface area (Å²) < 4.78 is 7.39. The van der Waals surface area contributed by atoms with E-state index in [4.69, 9.17) is 4.74 Å². The maximum Gasteiger partial charge on any atom is 0.228 e. The number of nitrogens with zero attached hydrogens (tertiary/aromatic N) is 3. The van der Waals surface area contributed by atoms with Crippen molar-refractivity contribution in [3.63, 3.8) is 0 Å². The van der Waals surface area contributed by atoms with Crippen molar-refractivity contribution in [3.8, 4) is 0 Å². The minimum absolute atomic E-state index is 0.235. The standard InChI is InChI=1S/C16H25N3O2/c1-13-10-17-18(11-13)12-14-4-3-7-19(14)15(20)16(2)5-8-21-9-6-16/h10-11,14H,3-9,12H2,1-2H3/t14-/m1/s1. The van der Waals surface area contributed by atoms with Gasteiger partial charge in [0.1, 0.15) is 0 Å². The molecule has 0 radical (unpaired) electrons. The molecule has 21 heavy (non-hydrogen) atoms. The van der Waals surface area contributed by atoms with Gasteiger partial charge in [0.05, 0.1) is 24.2 Å². The fraction of sp³-hybridized carbons (Fsp3) is 0.750. The molecule has 0 saturated carbocycles. The molecule has 0 unspecified atom stereocenters. The Morgan fingerprint density at radius 1 is 1.48 bits per heavy atom. The van der Waals surface area contributed by atoms with E-state index in [1.807, 2.05) is 17.8 Å². The van der Waals surface area contributed by atoms with Gasteiger partial charge >= 0.3 is 0 Å². The van der Waals surface area contributed by atoms with Crippen molar-refractivity contribution in [2.75, 3.05) is 19.8 Å². The van der Waals surface area contributed by atoms with E-state index in [1.165, 1.54) is 5.56 Å². The summed E-state index contributed by atoms with van der Waals surface area (Å²) in [5.41, 5.74) is 0.934. The first-order valence-electron chi connectivity index (χ1n) is 7.96. The average molecular weight is 291 g/mol. The van der Waals surface area contributed by atoms with Crippen LogP contribution in [0.25, 0.3) is 0 Å². The zero-order chi connectivity index (χ0) is 14.9. The van der Waals surface area contributed by atoms with Crippen molar-refractivity contribution in [3.05, 3.63) is 18.0 Å². The van der Waals surface area contributed by atoms with Crippen LogP contribution in [-0.2, 0) is 16.1 Å². The molecule has 2 saturated heterocycles. The Balaban J connectivity index is 1.69. The Morgan fingerprint density at radius 3 is 2.90 bits per heavy atom. The number of aromatic nitrogens is 2. The van der Waals surface area contributed by atoms with Gasteiger partial charge in [-0.25, -0.2) is 0 Å². The van der Waals surface area contributed by atoms with Crippen LogP contribution in [0.1, 0.15) is 38.2 Å². The summed E-state index contributed by atoms with van der Waals surface area (Å²) in [6, 6.07) is 0.288. The Kier molecular flexibility index (Phi) is 4.02. The lowest BCUT2D eigenvalue weighted by Gasteiger charge is -2.37. The number of ether oxygens (including phenoxy) is 1. The molecule has 0 spiro atoms. The Hall–Kier alpha value is -1.36. The highest BCUT2D eigenvalue weighted by Crippen LogP contribution is 2.34. The maximum absolute atomic E-state index is 13.0. The molecule has 1 amide bonds. The summed E-state index contributed by atoms with van der Waals surface area (Å²) in [5.74, 6) is 0.317. The van der Waals surface area contributed by atoms with E-state index in [-0.39, 0.29) is 11.5 Å². The first-order chi connectivity index (χ1) is 10.1. The molecular formula is C16H25N3O2. The number of rotatable bonds is 3. The molecule has 0 aromatic carbocycles. The SMILES string of the molecule is Cc1cnn(C[C@H]2CCCN2C(=O)C2(C)CCOCC2)c1. The highest BCUT2D eigenvalue weighted by atomic mass is 16.5. The van der Waals surface area contributed by atoms with Gasteiger partial charge in [0, 0.05) is 26.0 Å². The molecule has 0 N–H and O–H groups in total. The van der Waals surface area contributed by atoms with Gasteiger partial charge in [0.2, 0.25) is 5.91 Å². The summed E-state index contributed by atoms with van der Waals surface area (Å²) >= 11 is 0. The van der Waals surface area contributed by atoms with Gasteiger partial charge in [0.25, 0.3) is 0 Å². The van der Waals surface area contributed by atoms with Gasteiger partial charge in [-0.3, -0.25) is 9.48 Å². The quantitative estimate of drug-likeness (QED) is 0.856. The molecule has 0 bridgehead atoms. The van der Waals surface area contributed by atoms with Crippen LogP contribution in [0.4, 0.5) is 0 Å². The number of likely N-dealkylation sites (tertiary alicyclic amines) is 1. The molecule has 1 aromatic heterocycles. The van der Waals surface area contributed by atoms with Crippen molar-refractivity contribution in [2.45, 2.75) is 52.1 Å². The molecule has 116 valence electrons. The van der Waals surface area contributed by atoms with Crippen LogP contribution >= 0.6 is 0 Å². The highest BCUT2D eigenvalue weighted by molar-refractivity contribution is 5.83. The van der Waals surface area contributed by atoms with Crippen molar-refractivity contribution in [1.29, 1.82) is 0 Å². The van der Waals surface area contributed by atoms with E-state index in [9.17, 15) is 4.79 Å². The average Bonchev–Trinajstić information content (AvgIpc) is 3.08. The van der Waals surface area contributed by atoms with Gasteiger partial charge < -0.3 is 9.64 Å². The van der Waals surface area contributed by atoms with E-state index < -0.39 is 0 Å². The monoisotopic (exact) mass is 291 g/mol. The third-order valence-electron chi connectivity index (χ3n) is 4.91. The molecule has 2 aliphatic heterocycles. The Labute approximate surface area is 126 Å². The van der Waals surface area contributed by atoms with E-state index in [1.54, 1.807) is 0 Å². The summed E-state index contributed by atoms with van der Waals surface area (Å²) in [6.45, 7) is 7.26. The minimum Gasteiger partial charge on any atom is -0.381 e. The smallest absolute Gasteiger partial charge is 0.228 e. The predicted octanol–water partition coefficient (Wildman–Crippen LogP) is 2.00. The molecule has 2 fully saturated rings. The number of hydrogen-bond acceptors (Lipinski definition) is 3. The van der Waals surface area contributed by atoms with Crippen LogP contribution < -0.4 is 0 Å². The van der Waals surface area contributed by atoms with Crippen molar-refractivity contribution >= 4 is 5.91 Å². The fourth-order valence-corrected chi connectivity index (χ4v) is 3.46. The third-order valence-corrected chi connectivity index (χ3v) is 4.91. The topological polar surface area (TPSA) is 47.4 Å². The van der Waals surface area contributed by atoms with Crippen LogP contribution in [0.3, 0.4) is 0 Å². The lowest BCUT2D eigenvalue weighted by molar-refractivity contribution is -0.147. The van der Waals surface area contributed by atoms with Gasteiger partial charge in [-0.05, 0) is 38.2 Å². The number of aryl methyl sites for hydroxylation is 1. The lowest BCUT2D eigenvalue weighted by atomic mass is 9.81. The van der Waals surface area contributed by atoms with Crippen LogP contribution in [0.5, 0.6) is 0 Å². The number of hydrogen-bond donors (Lipinski definition) is 0. The largest absolute Gasteiger partial charge is 0.381 e. The second kappa shape index (κ2) is 5.79. The molecule has 3 heterocycles. The summed E-state index contributed by atoms with van der Waals surface area (Å²) in [6.07, 6.45) is 7.80. The number of carbonyl (C=O) groups is 1. The molecule has 0 aliphatic carbocycles. The van der Waals surface area contributed by atoms with Gasteiger partial charge in [0.15, 0.2) is 0 Å². The Bertz CT molecular complexity index is 505. The van der Waals surface area contributed by atoms with Crippen LogP contribution in [0, 0.1) is 12.3 Å². The van der Waals surface area contributed by atoms with E-state index in [0.717, 1.165) is 38.8 Å². The molecule has 1 atom stereocenters. The van der Waals surface area contributed by atoms with E-state index in [2.05, 4.69) is 23.1 Å². The molecule has 5 heteroatoms.